The Morgan fingerprint density at radius 2 is 1.38 bits per heavy atom. The van der Waals surface area contributed by atoms with Gasteiger partial charge in [-0.2, -0.15) is 0 Å². The fraction of sp³-hybridized carbons (Fsp3) is 0.800. The minimum Gasteiger partial charge on any atom is -0.496 e. The highest BCUT2D eigenvalue weighted by Gasteiger charge is 2.31. The highest BCUT2D eigenvalue weighted by atomic mass is 16.5. The van der Waals surface area contributed by atoms with Gasteiger partial charge in [0.25, 0.3) is 0 Å². The van der Waals surface area contributed by atoms with E-state index in [1.54, 1.807) is 7.11 Å². The van der Waals surface area contributed by atoms with Crippen LogP contribution in [0.1, 0.15) is 115 Å². The molecule has 2 rings (SSSR count). The van der Waals surface area contributed by atoms with Gasteiger partial charge in [0.2, 0.25) is 0 Å². The van der Waals surface area contributed by atoms with Gasteiger partial charge in [-0.15, -0.1) is 0 Å². The third-order valence-corrected chi connectivity index (χ3v) is 8.09. The first-order chi connectivity index (χ1) is 15.1. The van der Waals surface area contributed by atoms with E-state index in [9.17, 15) is 0 Å². The van der Waals surface area contributed by atoms with Gasteiger partial charge in [0.05, 0.1) is 13.2 Å². The predicted molar refractivity (Wildman–Crippen MR) is 139 cm³/mol. The van der Waals surface area contributed by atoms with Crippen LogP contribution in [-0.4, -0.2) is 13.2 Å². The number of benzene rings is 1. The van der Waals surface area contributed by atoms with Crippen LogP contribution in [0.2, 0.25) is 0 Å². The van der Waals surface area contributed by atoms with Crippen LogP contribution >= 0.6 is 0 Å². The lowest BCUT2D eigenvalue weighted by Crippen LogP contribution is -2.31. The maximum Gasteiger partial charge on any atom is 0.126 e. The zero-order valence-corrected chi connectivity index (χ0v) is 22.8. The van der Waals surface area contributed by atoms with Gasteiger partial charge in [0, 0.05) is 5.56 Å². The van der Waals surface area contributed by atoms with Crippen molar-refractivity contribution in [3.63, 3.8) is 0 Å². The summed E-state index contributed by atoms with van der Waals surface area (Å²) in [6, 6.07) is 0. The Kier molecular flexibility index (Phi) is 10.9. The van der Waals surface area contributed by atoms with E-state index >= 15 is 0 Å². The van der Waals surface area contributed by atoms with Crippen LogP contribution in [0.4, 0.5) is 0 Å². The van der Waals surface area contributed by atoms with Crippen LogP contribution in [0.3, 0.4) is 0 Å². The smallest absolute Gasteiger partial charge is 0.126 e. The number of hydrogen-bond acceptors (Lipinski definition) is 2. The maximum absolute atomic E-state index is 6.48. The zero-order chi connectivity index (χ0) is 23.8. The van der Waals surface area contributed by atoms with Crippen molar-refractivity contribution in [2.45, 2.75) is 126 Å². The van der Waals surface area contributed by atoms with E-state index in [0.29, 0.717) is 12.0 Å². The van der Waals surface area contributed by atoms with E-state index in [-0.39, 0.29) is 0 Å². The summed E-state index contributed by atoms with van der Waals surface area (Å²) < 4.78 is 12.2. The first kappa shape index (κ1) is 27.1. The molecule has 2 heteroatoms. The molecule has 1 aliphatic heterocycles. The molecule has 0 radical (unpaired) electrons. The molecule has 0 aliphatic carbocycles. The molecule has 0 bridgehead atoms. The summed E-state index contributed by atoms with van der Waals surface area (Å²) in [4.78, 5) is 0. The molecule has 4 atom stereocenters. The summed E-state index contributed by atoms with van der Waals surface area (Å²) in [6.45, 7) is 18.4. The van der Waals surface area contributed by atoms with Crippen LogP contribution in [0.25, 0.3) is 0 Å². The Morgan fingerprint density at radius 3 is 1.94 bits per heavy atom. The molecule has 184 valence electrons. The van der Waals surface area contributed by atoms with E-state index in [1.807, 2.05) is 0 Å². The predicted octanol–water partition coefficient (Wildman–Crippen LogP) is 9.00. The van der Waals surface area contributed by atoms with Crippen molar-refractivity contribution < 1.29 is 9.47 Å². The number of fused-ring (bicyclic) bond motifs is 1. The maximum atomic E-state index is 6.48. The molecule has 0 amide bonds. The molecule has 4 unspecified atom stereocenters. The van der Waals surface area contributed by atoms with Gasteiger partial charge in [-0.3, -0.25) is 0 Å². The first-order valence-corrected chi connectivity index (χ1v) is 13.5. The monoisotopic (exact) mass is 444 g/mol. The largest absolute Gasteiger partial charge is 0.496 e. The number of methoxy groups -OCH3 is 1. The van der Waals surface area contributed by atoms with E-state index in [0.717, 1.165) is 35.7 Å². The lowest BCUT2D eigenvalue weighted by molar-refractivity contribution is 0.119. The summed E-state index contributed by atoms with van der Waals surface area (Å²) in [6.07, 6.45) is 13.8. The van der Waals surface area contributed by atoms with E-state index in [2.05, 4.69) is 55.4 Å². The van der Waals surface area contributed by atoms with Crippen molar-refractivity contribution in [2.75, 3.05) is 7.11 Å². The van der Waals surface area contributed by atoms with Crippen molar-refractivity contribution in [1.29, 1.82) is 0 Å². The Labute approximate surface area is 199 Å². The van der Waals surface area contributed by atoms with Crippen molar-refractivity contribution in [1.82, 2.24) is 0 Å². The van der Waals surface area contributed by atoms with Gasteiger partial charge in [-0.1, -0.05) is 79.1 Å². The second kappa shape index (κ2) is 12.9. The number of hydrogen-bond donors (Lipinski definition) is 0. The summed E-state index contributed by atoms with van der Waals surface area (Å²) >= 11 is 0. The van der Waals surface area contributed by atoms with Crippen LogP contribution in [0.5, 0.6) is 11.5 Å². The molecule has 0 fully saturated rings. The molecule has 0 aromatic heterocycles. The minimum absolute atomic E-state index is 0.301. The van der Waals surface area contributed by atoms with Crippen LogP contribution < -0.4 is 9.47 Å². The lowest BCUT2D eigenvalue weighted by Gasteiger charge is -2.35. The molecule has 1 aromatic rings. The molecule has 0 N–H and O–H groups in total. The van der Waals surface area contributed by atoms with E-state index in [1.165, 1.54) is 80.0 Å². The third kappa shape index (κ3) is 7.42. The van der Waals surface area contributed by atoms with Crippen molar-refractivity contribution >= 4 is 0 Å². The Hall–Kier alpha value is -1.18. The first-order valence-electron chi connectivity index (χ1n) is 13.5. The molecule has 1 aliphatic rings. The SMILES string of the molecule is COc1c(C)c(C)c2c(c1C)CC(CCCC(C)CCCC(C)CCCC(C)C)C(C)O2. The Bertz CT molecular complexity index is 706. The summed E-state index contributed by atoms with van der Waals surface area (Å²) in [5, 5.41) is 0. The standard InChI is InChI=1S/C30H52O2/c1-20(2)13-10-14-21(3)15-11-16-22(4)17-12-18-27-19-28-25(7)29(31-9)23(5)24(6)30(28)32-26(27)8/h20-22,26-27H,10-19H2,1-9H3. The molecule has 1 heterocycles. The van der Waals surface area contributed by atoms with E-state index in [4.69, 9.17) is 9.47 Å². The summed E-state index contributed by atoms with van der Waals surface area (Å²) in [7, 11) is 1.79. The quantitative estimate of drug-likeness (QED) is 0.302. The Morgan fingerprint density at radius 1 is 0.812 bits per heavy atom. The number of ether oxygens (including phenoxy) is 2. The average molecular weight is 445 g/mol. The highest BCUT2D eigenvalue weighted by molar-refractivity contribution is 5.58. The molecule has 1 aromatic carbocycles. The van der Waals surface area contributed by atoms with E-state index < -0.39 is 0 Å². The second-order valence-corrected chi connectivity index (χ2v) is 11.4. The van der Waals surface area contributed by atoms with Crippen molar-refractivity contribution in [3.8, 4) is 11.5 Å². The second-order valence-electron chi connectivity index (χ2n) is 11.4. The normalized spacial score (nSPS) is 20.1. The van der Waals surface area contributed by atoms with Crippen molar-refractivity contribution in [3.05, 3.63) is 22.3 Å². The van der Waals surface area contributed by atoms with Gasteiger partial charge in [0.15, 0.2) is 0 Å². The van der Waals surface area contributed by atoms with Gasteiger partial charge >= 0.3 is 0 Å². The van der Waals surface area contributed by atoms with Crippen LogP contribution in [0.15, 0.2) is 0 Å². The third-order valence-electron chi connectivity index (χ3n) is 8.09. The van der Waals surface area contributed by atoms with Crippen LogP contribution in [0, 0.1) is 44.4 Å². The van der Waals surface area contributed by atoms with Crippen LogP contribution in [-0.2, 0) is 6.42 Å². The number of rotatable bonds is 13. The Balaban J connectivity index is 1.76. The fourth-order valence-electron chi connectivity index (χ4n) is 5.62. The fourth-order valence-corrected chi connectivity index (χ4v) is 5.62. The van der Waals surface area contributed by atoms with Gasteiger partial charge in [-0.25, -0.2) is 0 Å². The average Bonchev–Trinajstić information content (AvgIpc) is 2.73. The molecule has 32 heavy (non-hydrogen) atoms. The minimum atomic E-state index is 0.301. The molecular weight excluding hydrogens is 392 g/mol. The molecule has 0 spiro atoms. The van der Waals surface area contributed by atoms with Gasteiger partial charge in [0.1, 0.15) is 11.5 Å². The highest BCUT2D eigenvalue weighted by Crippen LogP contribution is 2.43. The molecule has 2 nitrogen and oxygen atoms in total. The topological polar surface area (TPSA) is 18.5 Å². The molecular formula is C30H52O2. The summed E-state index contributed by atoms with van der Waals surface area (Å²) in [5.41, 5.74) is 5.13. The lowest BCUT2D eigenvalue weighted by atomic mass is 9.82. The van der Waals surface area contributed by atoms with Gasteiger partial charge in [-0.05, 0) is 80.9 Å². The summed E-state index contributed by atoms with van der Waals surface area (Å²) in [5.74, 6) is 5.38. The van der Waals surface area contributed by atoms with Crippen molar-refractivity contribution in [2.24, 2.45) is 23.7 Å². The molecule has 0 saturated heterocycles. The van der Waals surface area contributed by atoms with Gasteiger partial charge < -0.3 is 9.47 Å². The zero-order valence-electron chi connectivity index (χ0n) is 22.8. The molecule has 0 saturated carbocycles.